The number of fused-ring (bicyclic) bond motifs is 1. The van der Waals surface area contributed by atoms with Crippen LogP contribution in [0.5, 0.6) is 5.75 Å². The van der Waals surface area contributed by atoms with Crippen molar-refractivity contribution in [3.05, 3.63) is 65.4 Å². The summed E-state index contributed by atoms with van der Waals surface area (Å²) in [6.45, 7) is 1.31. The second kappa shape index (κ2) is 7.75. The van der Waals surface area contributed by atoms with Crippen LogP contribution in [0.3, 0.4) is 0 Å². The highest BCUT2D eigenvalue weighted by molar-refractivity contribution is 6.28. The number of benzene rings is 2. The van der Waals surface area contributed by atoms with Crippen LogP contribution in [0, 0.1) is 0 Å². The molecule has 1 heterocycles. The van der Waals surface area contributed by atoms with Gasteiger partial charge in [-0.15, -0.1) is 0 Å². The van der Waals surface area contributed by atoms with Gasteiger partial charge in [-0.05, 0) is 36.4 Å². The maximum atomic E-state index is 12.7. The van der Waals surface area contributed by atoms with E-state index in [0.29, 0.717) is 11.3 Å². The summed E-state index contributed by atoms with van der Waals surface area (Å²) in [5, 5.41) is 5.36. The number of rotatable bonds is 4. The van der Waals surface area contributed by atoms with E-state index in [9.17, 15) is 19.2 Å². The van der Waals surface area contributed by atoms with Crippen LogP contribution in [0.2, 0.25) is 0 Å². The highest BCUT2D eigenvalue weighted by atomic mass is 16.5. The average molecular weight is 380 g/mol. The Labute approximate surface area is 160 Å². The topological polar surface area (TPSA) is 111 Å². The molecular formula is C20H16N2O6. The van der Waals surface area contributed by atoms with E-state index in [1.807, 2.05) is 0 Å². The molecule has 0 saturated heterocycles. The Hall–Kier alpha value is -3.94. The number of carbonyl (C=O) groups is 4. The number of esters is 2. The molecule has 0 spiro atoms. The highest BCUT2D eigenvalue weighted by Crippen LogP contribution is 2.35. The molecule has 8 heteroatoms. The largest absolute Gasteiger partial charge is 0.465 e. The van der Waals surface area contributed by atoms with Crippen LogP contribution in [-0.4, -0.2) is 30.7 Å². The Morgan fingerprint density at radius 3 is 2.43 bits per heavy atom. The summed E-state index contributed by atoms with van der Waals surface area (Å²) in [7, 11) is 1.29. The van der Waals surface area contributed by atoms with Gasteiger partial charge in [0, 0.05) is 18.8 Å². The SMILES string of the molecule is COC(=O)c1ccc(NC=C2C(=O)Oc3c(NC(C)=O)cccc3C2=O)cc1. The molecule has 28 heavy (non-hydrogen) atoms. The monoisotopic (exact) mass is 380 g/mol. The van der Waals surface area contributed by atoms with Crippen LogP contribution < -0.4 is 15.4 Å². The van der Waals surface area contributed by atoms with Crippen LogP contribution >= 0.6 is 0 Å². The molecule has 8 nitrogen and oxygen atoms in total. The first-order valence-electron chi connectivity index (χ1n) is 8.23. The maximum absolute atomic E-state index is 12.7. The fourth-order valence-corrected chi connectivity index (χ4v) is 2.60. The first-order chi connectivity index (χ1) is 13.4. The fourth-order valence-electron chi connectivity index (χ4n) is 2.60. The lowest BCUT2D eigenvalue weighted by Gasteiger charge is -2.19. The Balaban J connectivity index is 1.84. The number of para-hydroxylation sites is 1. The maximum Gasteiger partial charge on any atom is 0.349 e. The molecule has 0 fully saturated rings. The van der Waals surface area contributed by atoms with Gasteiger partial charge in [-0.25, -0.2) is 9.59 Å². The number of ether oxygens (including phenoxy) is 2. The second-order valence-electron chi connectivity index (χ2n) is 5.85. The molecule has 0 saturated carbocycles. The third-order valence-corrected chi connectivity index (χ3v) is 3.92. The lowest BCUT2D eigenvalue weighted by Crippen LogP contribution is -2.27. The first-order valence-corrected chi connectivity index (χ1v) is 8.23. The fraction of sp³-hybridized carbons (Fsp3) is 0.100. The molecular weight excluding hydrogens is 364 g/mol. The zero-order valence-corrected chi connectivity index (χ0v) is 15.1. The van der Waals surface area contributed by atoms with Crippen molar-refractivity contribution in [2.45, 2.75) is 6.92 Å². The minimum atomic E-state index is -0.839. The quantitative estimate of drug-likeness (QED) is 0.363. The van der Waals surface area contributed by atoms with Crippen molar-refractivity contribution >= 4 is 35.0 Å². The highest BCUT2D eigenvalue weighted by Gasteiger charge is 2.32. The molecule has 2 aromatic rings. The molecule has 142 valence electrons. The van der Waals surface area contributed by atoms with E-state index in [1.165, 1.54) is 32.4 Å². The van der Waals surface area contributed by atoms with E-state index in [2.05, 4.69) is 15.4 Å². The predicted octanol–water partition coefficient (Wildman–Crippen LogP) is 2.53. The van der Waals surface area contributed by atoms with Crippen molar-refractivity contribution in [2.75, 3.05) is 17.7 Å². The van der Waals surface area contributed by atoms with E-state index in [1.54, 1.807) is 30.3 Å². The van der Waals surface area contributed by atoms with Gasteiger partial charge in [0.05, 0.1) is 23.9 Å². The number of hydrogen-bond acceptors (Lipinski definition) is 7. The van der Waals surface area contributed by atoms with Gasteiger partial charge < -0.3 is 20.1 Å². The van der Waals surface area contributed by atoms with Crippen molar-refractivity contribution in [1.29, 1.82) is 0 Å². The molecule has 1 aliphatic rings. The van der Waals surface area contributed by atoms with Crippen molar-refractivity contribution in [1.82, 2.24) is 0 Å². The Kier molecular flexibility index (Phi) is 5.21. The van der Waals surface area contributed by atoms with Gasteiger partial charge in [-0.2, -0.15) is 0 Å². The third kappa shape index (κ3) is 3.75. The van der Waals surface area contributed by atoms with E-state index in [-0.39, 0.29) is 28.5 Å². The number of carbonyl (C=O) groups excluding carboxylic acids is 4. The number of methoxy groups -OCH3 is 1. The summed E-state index contributed by atoms with van der Waals surface area (Å²) >= 11 is 0. The van der Waals surface area contributed by atoms with E-state index < -0.39 is 17.7 Å². The van der Waals surface area contributed by atoms with Crippen LogP contribution in [0.1, 0.15) is 27.6 Å². The van der Waals surface area contributed by atoms with Gasteiger partial charge >= 0.3 is 11.9 Å². The molecule has 0 radical (unpaired) electrons. The van der Waals surface area contributed by atoms with E-state index >= 15 is 0 Å². The van der Waals surface area contributed by atoms with Crippen molar-refractivity contribution in [3.63, 3.8) is 0 Å². The summed E-state index contributed by atoms with van der Waals surface area (Å²) in [5.41, 5.74) is 1.15. The number of amides is 1. The van der Waals surface area contributed by atoms with Crippen LogP contribution in [0.15, 0.2) is 54.2 Å². The zero-order chi connectivity index (χ0) is 20.3. The first kappa shape index (κ1) is 18.8. The summed E-state index contributed by atoms with van der Waals surface area (Å²) in [6, 6.07) is 10.9. The summed E-state index contributed by atoms with van der Waals surface area (Å²) in [4.78, 5) is 47.7. The Morgan fingerprint density at radius 1 is 1.07 bits per heavy atom. The lowest BCUT2D eigenvalue weighted by molar-refractivity contribution is -0.130. The predicted molar refractivity (Wildman–Crippen MR) is 100 cm³/mol. The lowest BCUT2D eigenvalue weighted by atomic mass is 9.99. The number of hydrogen-bond donors (Lipinski definition) is 2. The van der Waals surface area contributed by atoms with Gasteiger partial charge in [0.25, 0.3) is 0 Å². The van der Waals surface area contributed by atoms with E-state index in [0.717, 1.165) is 0 Å². The van der Waals surface area contributed by atoms with E-state index in [4.69, 9.17) is 4.74 Å². The van der Waals surface area contributed by atoms with Gasteiger partial charge in [-0.1, -0.05) is 6.07 Å². The van der Waals surface area contributed by atoms with Gasteiger partial charge in [0.2, 0.25) is 11.7 Å². The molecule has 0 aliphatic carbocycles. The van der Waals surface area contributed by atoms with Gasteiger partial charge in [0.1, 0.15) is 5.57 Å². The number of anilines is 2. The molecule has 0 atom stereocenters. The smallest absolute Gasteiger partial charge is 0.349 e. The minimum Gasteiger partial charge on any atom is -0.465 e. The summed E-state index contributed by atoms with van der Waals surface area (Å²) in [5.74, 6) is -2.17. The van der Waals surface area contributed by atoms with Crippen molar-refractivity contribution in [2.24, 2.45) is 0 Å². The molecule has 0 unspecified atom stereocenters. The number of Topliss-reactive ketones (excluding diaryl/α,β-unsaturated/α-hetero) is 1. The van der Waals surface area contributed by atoms with Gasteiger partial charge in [-0.3, -0.25) is 9.59 Å². The molecule has 0 bridgehead atoms. The number of nitrogens with one attached hydrogen (secondary N) is 2. The van der Waals surface area contributed by atoms with Gasteiger partial charge in [0.15, 0.2) is 5.75 Å². The summed E-state index contributed by atoms with van der Waals surface area (Å²) < 4.78 is 9.88. The van der Waals surface area contributed by atoms with Crippen LogP contribution in [0.4, 0.5) is 11.4 Å². The zero-order valence-electron chi connectivity index (χ0n) is 15.1. The molecule has 0 aromatic heterocycles. The molecule has 2 N–H and O–H groups in total. The summed E-state index contributed by atoms with van der Waals surface area (Å²) in [6.07, 6.45) is 1.24. The van der Waals surface area contributed by atoms with Crippen molar-refractivity contribution in [3.8, 4) is 5.75 Å². The van der Waals surface area contributed by atoms with Crippen LogP contribution in [0.25, 0.3) is 0 Å². The molecule has 1 aliphatic heterocycles. The van der Waals surface area contributed by atoms with Crippen LogP contribution in [-0.2, 0) is 14.3 Å². The standard InChI is InChI=1S/C20H16N2O6/c1-11(23)22-16-5-3-4-14-17(24)15(20(26)28-18(14)16)10-21-13-8-6-12(7-9-13)19(25)27-2/h3-10,21H,1-2H3,(H,22,23). The Bertz CT molecular complexity index is 1010. The Morgan fingerprint density at radius 2 is 1.79 bits per heavy atom. The molecule has 1 amide bonds. The average Bonchev–Trinajstić information content (AvgIpc) is 2.68. The molecule has 2 aromatic carbocycles. The normalized spacial score (nSPS) is 14.1. The minimum absolute atomic E-state index is 0.0206. The molecule has 3 rings (SSSR count). The number of ketones is 1. The second-order valence-corrected chi connectivity index (χ2v) is 5.85. The van der Waals surface area contributed by atoms with Crippen molar-refractivity contribution < 1.29 is 28.7 Å². The third-order valence-electron chi connectivity index (χ3n) is 3.92.